The highest BCUT2D eigenvalue weighted by molar-refractivity contribution is 6.75. The van der Waals surface area contributed by atoms with Crippen molar-refractivity contribution in [2.24, 2.45) is 5.11 Å². The molecule has 0 saturated carbocycles. The van der Waals surface area contributed by atoms with Gasteiger partial charge in [0.05, 0.1) is 25.9 Å². The third kappa shape index (κ3) is 14.9. The molecule has 57 heavy (non-hydrogen) atoms. The van der Waals surface area contributed by atoms with E-state index in [1.807, 2.05) is 26.9 Å². The fourth-order valence-electron chi connectivity index (χ4n) is 4.86. The van der Waals surface area contributed by atoms with E-state index in [9.17, 15) is 19.9 Å². The predicted molar refractivity (Wildman–Crippen MR) is 227 cm³/mol. The Morgan fingerprint density at radius 1 is 0.912 bits per heavy atom. The number of alkyl carbamates (subject to hydrolysis) is 1. The van der Waals surface area contributed by atoms with E-state index in [1.54, 1.807) is 45.9 Å². The number of hydrogen-bond acceptors (Lipinski definition) is 11. The number of methoxy groups -OCH3 is 2. The Labute approximate surface area is 343 Å². The van der Waals surface area contributed by atoms with E-state index >= 15 is 0 Å². The Hall–Kier alpha value is -3.61. The van der Waals surface area contributed by atoms with Crippen molar-refractivity contribution in [3.05, 3.63) is 46.4 Å². The SMILES string of the molecule is C=C(C)[C@H](NC(=O)OC(C)(C)C)C(=O)N[C@H](COCOC)[C@@](C)(CC)Oc1cc([C@H](O[Si](C)(C)C(C)(C)C)[C@H](N=[N+]=[N-])C(=O)OC)ccc1O[Si](C)(C)C(C)(C)C. The maximum Gasteiger partial charge on any atom is 0.408 e. The summed E-state index contributed by atoms with van der Waals surface area (Å²) in [5, 5.41) is 9.05. The molecule has 0 aromatic heterocycles. The molecule has 1 aromatic carbocycles. The number of carbonyl (C=O) groups excluding carboxylic acids is 3. The van der Waals surface area contributed by atoms with Gasteiger partial charge in [-0.1, -0.05) is 66.2 Å². The number of azide groups is 1. The van der Waals surface area contributed by atoms with Gasteiger partial charge in [-0.05, 0) is 106 Å². The number of carbonyl (C=O) groups is 3. The lowest BCUT2D eigenvalue weighted by Crippen LogP contribution is -2.60. The molecule has 0 aliphatic heterocycles. The Morgan fingerprint density at radius 2 is 1.49 bits per heavy atom. The van der Waals surface area contributed by atoms with Crippen LogP contribution in [0.1, 0.15) is 101 Å². The minimum atomic E-state index is -2.63. The molecular formula is C40H71N5O10Si2. The van der Waals surface area contributed by atoms with Crippen molar-refractivity contribution in [2.45, 2.75) is 161 Å². The minimum absolute atomic E-state index is 0.0458. The summed E-state index contributed by atoms with van der Waals surface area (Å²) in [6.07, 6.45) is -1.48. The summed E-state index contributed by atoms with van der Waals surface area (Å²) in [6.45, 7) is 35.2. The minimum Gasteiger partial charge on any atom is -0.541 e. The first-order valence-electron chi connectivity index (χ1n) is 19.2. The number of esters is 1. The van der Waals surface area contributed by atoms with Crippen LogP contribution in [0, 0.1) is 0 Å². The molecule has 1 rings (SSSR count). The number of nitrogens with one attached hydrogen (secondary N) is 2. The molecule has 324 valence electrons. The molecule has 2 amide bonds. The number of nitrogens with zero attached hydrogens (tertiary/aromatic N) is 3. The van der Waals surface area contributed by atoms with E-state index < -0.39 is 70.0 Å². The summed E-state index contributed by atoms with van der Waals surface area (Å²) >= 11 is 0. The molecule has 2 N–H and O–H groups in total. The van der Waals surface area contributed by atoms with E-state index in [0.717, 1.165) is 0 Å². The zero-order chi connectivity index (χ0) is 44.4. The molecule has 5 atom stereocenters. The maximum atomic E-state index is 14.0. The Morgan fingerprint density at radius 3 is 1.95 bits per heavy atom. The highest BCUT2D eigenvalue weighted by Crippen LogP contribution is 2.45. The van der Waals surface area contributed by atoms with Crippen molar-refractivity contribution >= 4 is 34.6 Å². The summed E-state index contributed by atoms with van der Waals surface area (Å²) in [6, 6.07) is 1.94. The monoisotopic (exact) mass is 837 g/mol. The molecule has 1 aromatic rings. The fraction of sp³-hybridized carbons (Fsp3) is 0.725. The molecule has 0 spiro atoms. The van der Waals surface area contributed by atoms with E-state index in [1.165, 1.54) is 14.2 Å². The first kappa shape index (κ1) is 51.4. The van der Waals surface area contributed by atoms with Gasteiger partial charge in [0, 0.05) is 12.0 Å². The van der Waals surface area contributed by atoms with Crippen LogP contribution >= 0.6 is 0 Å². The molecule has 0 saturated heterocycles. The van der Waals surface area contributed by atoms with Gasteiger partial charge in [0.1, 0.15) is 29.8 Å². The maximum absolute atomic E-state index is 14.0. The standard InChI is InChI=1S/C40H71N5O10Si2/c1-20-40(13,30(24-51-25-49-14)42-34(46)31(26(2)3)43-36(48)53-37(4,5)6)52-29-23-27(21-22-28(29)54-56(16,17)38(7,8)9)33(32(44-45-41)35(47)50-15)55-57(18,19)39(10,11)12/h21-23,30-33H,2,20,24-25H2,1,3-19H3,(H,42,46)(H,43,48)/t30-,31+,32+,33+,40-/m1/s1. The van der Waals surface area contributed by atoms with Gasteiger partial charge in [-0.2, -0.15) is 0 Å². The Balaban J connectivity index is 4.09. The van der Waals surface area contributed by atoms with E-state index in [2.05, 4.69) is 81.9 Å². The van der Waals surface area contributed by atoms with Crippen LogP contribution < -0.4 is 19.8 Å². The van der Waals surface area contributed by atoms with Crippen LogP contribution in [0.5, 0.6) is 11.5 Å². The Kier molecular flexibility index (Phi) is 18.4. The second-order valence-corrected chi connectivity index (χ2v) is 28.1. The molecule has 0 heterocycles. The lowest BCUT2D eigenvalue weighted by atomic mass is 9.92. The van der Waals surface area contributed by atoms with E-state index in [4.69, 9.17) is 32.5 Å². The molecule has 0 aliphatic carbocycles. The molecule has 0 radical (unpaired) electrons. The molecule has 15 nitrogen and oxygen atoms in total. The van der Waals surface area contributed by atoms with Gasteiger partial charge < -0.3 is 43.2 Å². The van der Waals surface area contributed by atoms with Gasteiger partial charge in [0.2, 0.25) is 5.91 Å². The zero-order valence-corrected chi connectivity index (χ0v) is 39.8. The summed E-state index contributed by atoms with van der Waals surface area (Å²) in [5.41, 5.74) is 8.46. The molecule has 17 heteroatoms. The molecule has 0 bridgehead atoms. The van der Waals surface area contributed by atoms with Gasteiger partial charge in [-0.15, -0.1) is 0 Å². The first-order valence-corrected chi connectivity index (χ1v) is 25.1. The van der Waals surface area contributed by atoms with Crippen LogP contribution in [0.15, 0.2) is 35.5 Å². The predicted octanol–water partition coefficient (Wildman–Crippen LogP) is 9.11. The summed E-state index contributed by atoms with van der Waals surface area (Å²) < 4.78 is 42.2. The number of hydrogen-bond donors (Lipinski definition) is 2. The van der Waals surface area contributed by atoms with Crippen LogP contribution in [0.4, 0.5) is 4.79 Å². The van der Waals surface area contributed by atoms with Crippen LogP contribution in [0.2, 0.25) is 36.3 Å². The number of ether oxygens (including phenoxy) is 5. The van der Waals surface area contributed by atoms with Crippen LogP contribution in [0.3, 0.4) is 0 Å². The lowest BCUT2D eigenvalue weighted by molar-refractivity contribution is -0.144. The van der Waals surface area contributed by atoms with Gasteiger partial charge >= 0.3 is 12.1 Å². The van der Waals surface area contributed by atoms with Crippen molar-refractivity contribution in [3.8, 4) is 11.5 Å². The molecule has 0 unspecified atom stereocenters. The van der Waals surface area contributed by atoms with E-state index in [0.29, 0.717) is 29.1 Å². The third-order valence-electron chi connectivity index (χ3n) is 10.6. The normalized spacial score (nSPS) is 15.8. The molecule has 0 fully saturated rings. The second-order valence-electron chi connectivity index (χ2n) is 18.6. The van der Waals surface area contributed by atoms with Crippen molar-refractivity contribution in [1.29, 1.82) is 0 Å². The largest absolute Gasteiger partial charge is 0.541 e. The van der Waals surface area contributed by atoms with Crippen molar-refractivity contribution < 1.29 is 46.9 Å². The van der Waals surface area contributed by atoms with Crippen molar-refractivity contribution in [3.63, 3.8) is 0 Å². The highest BCUT2D eigenvalue weighted by Gasteiger charge is 2.45. The molecule has 0 aliphatic rings. The second kappa shape index (κ2) is 20.4. The number of benzene rings is 1. The van der Waals surface area contributed by atoms with Crippen molar-refractivity contribution in [1.82, 2.24) is 10.6 Å². The van der Waals surface area contributed by atoms with Gasteiger partial charge in [-0.3, -0.25) is 9.59 Å². The summed E-state index contributed by atoms with van der Waals surface area (Å²) in [7, 11) is -2.40. The topological polar surface area (TPSA) is 189 Å². The average Bonchev–Trinajstić information content (AvgIpc) is 3.06. The fourth-order valence-corrected chi connectivity index (χ4v) is 7.14. The Bertz CT molecular complexity index is 1600. The average molecular weight is 838 g/mol. The first-order chi connectivity index (χ1) is 25.9. The zero-order valence-electron chi connectivity index (χ0n) is 37.8. The van der Waals surface area contributed by atoms with Crippen LogP contribution in [-0.2, 0) is 33.0 Å². The quantitative estimate of drug-likeness (QED) is 0.0187. The lowest BCUT2D eigenvalue weighted by Gasteiger charge is -2.42. The van der Waals surface area contributed by atoms with Crippen LogP contribution in [-0.4, -0.2) is 91.6 Å². The van der Waals surface area contributed by atoms with Gasteiger partial charge in [-0.25, -0.2) is 4.79 Å². The van der Waals surface area contributed by atoms with Crippen molar-refractivity contribution in [2.75, 3.05) is 27.6 Å². The summed E-state index contributed by atoms with van der Waals surface area (Å²) in [5.74, 6) is -0.593. The van der Waals surface area contributed by atoms with Crippen LogP contribution in [0.25, 0.3) is 10.4 Å². The van der Waals surface area contributed by atoms with Gasteiger partial charge in [0.25, 0.3) is 8.32 Å². The third-order valence-corrected chi connectivity index (χ3v) is 19.4. The smallest absolute Gasteiger partial charge is 0.408 e. The molecular weight excluding hydrogens is 767 g/mol. The number of amides is 2. The summed E-state index contributed by atoms with van der Waals surface area (Å²) in [4.78, 5) is 43.0. The number of rotatable bonds is 20. The highest BCUT2D eigenvalue weighted by atomic mass is 28.4. The van der Waals surface area contributed by atoms with E-state index in [-0.39, 0.29) is 23.5 Å². The van der Waals surface area contributed by atoms with Gasteiger partial charge in [0.15, 0.2) is 20.1 Å².